The first kappa shape index (κ1) is 16.6. The molecule has 4 nitrogen and oxygen atoms in total. The van der Waals surface area contributed by atoms with Crippen LogP contribution in [-0.2, 0) is 19.7 Å². The summed E-state index contributed by atoms with van der Waals surface area (Å²) < 4.78 is 16.9. The Bertz CT molecular complexity index is 723. The number of thiophene rings is 1. The molecule has 2 aromatic heterocycles. The average Bonchev–Trinajstić information content (AvgIpc) is 3.28. The average molecular weight is 343 g/mol. The summed E-state index contributed by atoms with van der Waals surface area (Å²) in [5.74, 6) is 2.49. The van der Waals surface area contributed by atoms with Gasteiger partial charge in [-0.3, -0.25) is 0 Å². The van der Waals surface area contributed by atoms with Gasteiger partial charge in [-0.05, 0) is 48.2 Å². The van der Waals surface area contributed by atoms with Gasteiger partial charge in [0.2, 0.25) is 0 Å². The Morgan fingerprint density at radius 2 is 2.00 bits per heavy atom. The molecule has 0 spiro atoms. The molecule has 0 amide bonds. The molecule has 0 fully saturated rings. The Labute approximate surface area is 146 Å². The van der Waals surface area contributed by atoms with Crippen LogP contribution < -0.4 is 14.8 Å². The van der Waals surface area contributed by atoms with E-state index in [4.69, 9.17) is 13.9 Å². The van der Waals surface area contributed by atoms with Gasteiger partial charge in [0.05, 0.1) is 19.4 Å². The van der Waals surface area contributed by atoms with Crippen molar-refractivity contribution in [2.75, 3.05) is 6.61 Å². The number of hydrogen-bond acceptors (Lipinski definition) is 5. The van der Waals surface area contributed by atoms with Gasteiger partial charge in [0, 0.05) is 11.4 Å². The van der Waals surface area contributed by atoms with Gasteiger partial charge >= 0.3 is 0 Å². The number of nitrogens with one attached hydrogen (secondary N) is 1. The third kappa shape index (κ3) is 4.63. The molecule has 0 saturated carbocycles. The fourth-order valence-electron chi connectivity index (χ4n) is 2.34. The quantitative estimate of drug-likeness (QED) is 0.616. The van der Waals surface area contributed by atoms with E-state index in [1.165, 1.54) is 4.88 Å². The second-order valence-electron chi connectivity index (χ2n) is 5.27. The molecule has 0 unspecified atom stereocenters. The molecule has 0 aliphatic carbocycles. The molecule has 2 heterocycles. The molecular formula is C19H21NO3S. The lowest BCUT2D eigenvalue weighted by Gasteiger charge is -2.13. The summed E-state index contributed by atoms with van der Waals surface area (Å²) in [6.07, 6.45) is 1.68. The molecule has 5 heteroatoms. The molecule has 1 aromatic carbocycles. The first-order valence-corrected chi connectivity index (χ1v) is 8.87. The Hall–Kier alpha value is -2.24. The minimum absolute atomic E-state index is 0.563. The lowest BCUT2D eigenvalue weighted by atomic mass is 10.2. The molecule has 1 N–H and O–H groups in total. The van der Waals surface area contributed by atoms with Gasteiger partial charge in [-0.15, -0.1) is 11.3 Å². The van der Waals surface area contributed by atoms with E-state index in [-0.39, 0.29) is 0 Å². The van der Waals surface area contributed by atoms with Crippen molar-refractivity contribution in [3.8, 4) is 11.5 Å². The highest BCUT2D eigenvalue weighted by molar-refractivity contribution is 7.09. The van der Waals surface area contributed by atoms with Crippen LogP contribution in [0.3, 0.4) is 0 Å². The van der Waals surface area contributed by atoms with Crippen molar-refractivity contribution in [1.82, 2.24) is 5.32 Å². The molecule has 24 heavy (non-hydrogen) atoms. The van der Waals surface area contributed by atoms with Gasteiger partial charge in [0.15, 0.2) is 11.5 Å². The van der Waals surface area contributed by atoms with Crippen LogP contribution in [0.25, 0.3) is 0 Å². The van der Waals surface area contributed by atoms with Crippen LogP contribution in [0.1, 0.15) is 23.1 Å². The lowest BCUT2D eigenvalue weighted by molar-refractivity contribution is 0.271. The van der Waals surface area contributed by atoms with E-state index in [9.17, 15) is 0 Å². The van der Waals surface area contributed by atoms with Gasteiger partial charge in [0.25, 0.3) is 0 Å². The minimum Gasteiger partial charge on any atom is -0.490 e. The molecule has 3 aromatic rings. The maximum absolute atomic E-state index is 5.90. The molecule has 0 aliphatic rings. The van der Waals surface area contributed by atoms with Gasteiger partial charge in [-0.1, -0.05) is 12.1 Å². The molecule has 3 rings (SSSR count). The number of furan rings is 1. The second-order valence-corrected chi connectivity index (χ2v) is 6.30. The lowest BCUT2D eigenvalue weighted by Crippen LogP contribution is -2.12. The molecule has 0 saturated heterocycles. The fraction of sp³-hybridized carbons (Fsp3) is 0.263. The molecule has 0 radical (unpaired) electrons. The van der Waals surface area contributed by atoms with Crippen molar-refractivity contribution in [2.24, 2.45) is 0 Å². The Morgan fingerprint density at radius 3 is 2.75 bits per heavy atom. The third-order valence-electron chi connectivity index (χ3n) is 3.47. The summed E-state index contributed by atoms with van der Waals surface area (Å²) in [7, 11) is 0. The summed E-state index contributed by atoms with van der Waals surface area (Å²) in [6, 6.07) is 14.0. The van der Waals surface area contributed by atoms with Gasteiger partial charge < -0.3 is 19.2 Å². The van der Waals surface area contributed by atoms with E-state index in [0.717, 1.165) is 29.4 Å². The van der Waals surface area contributed by atoms with E-state index in [2.05, 4.69) is 22.8 Å². The predicted molar refractivity (Wildman–Crippen MR) is 95.5 cm³/mol. The van der Waals surface area contributed by atoms with Gasteiger partial charge in [0.1, 0.15) is 12.4 Å². The highest BCUT2D eigenvalue weighted by Crippen LogP contribution is 2.29. The zero-order chi connectivity index (χ0) is 16.6. The van der Waals surface area contributed by atoms with E-state index in [1.54, 1.807) is 17.6 Å². The highest BCUT2D eigenvalue weighted by Gasteiger charge is 2.07. The van der Waals surface area contributed by atoms with Crippen LogP contribution in [0, 0.1) is 0 Å². The SMILES string of the molecule is CCOc1cc(CNCc2ccco2)ccc1OCc1cccs1. The fourth-order valence-corrected chi connectivity index (χ4v) is 2.95. The highest BCUT2D eigenvalue weighted by atomic mass is 32.1. The summed E-state index contributed by atoms with van der Waals surface area (Å²) in [5, 5.41) is 5.41. The van der Waals surface area contributed by atoms with Gasteiger partial charge in [-0.2, -0.15) is 0 Å². The van der Waals surface area contributed by atoms with Crippen molar-refractivity contribution < 1.29 is 13.9 Å². The van der Waals surface area contributed by atoms with Crippen molar-refractivity contribution in [1.29, 1.82) is 0 Å². The minimum atomic E-state index is 0.563. The Balaban J connectivity index is 1.60. The van der Waals surface area contributed by atoms with Crippen LogP contribution >= 0.6 is 11.3 Å². The summed E-state index contributed by atoms with van der Waals surface area (Å²) in [6.45, 7) is 4.59. The summed E-state index contributed by atoms with van der Waals surface area (Å²) in [4.78, 5) is 1.20. The molecular weight excluding hydrogens is 322 g/mol. The van der Waals surface area contributed by atoms with Crippen molar-refractivity contribution in [2.45, 2.75) is 26.6 Å². The first-order valence-electron chi connectivity index (χ1n) is 7.99. The number of hydrogen-bond donors (Lipinski definition) is 1. The van der Waals surface area contributed by atoms with E-state index < -0.39 is 0 Å². The van der Waals surface area contributed by atoms with Crippen LogP contribution in [0.5, 0.6) is 11.5 Å². The zero-order valence-electron chi connectivity index (χ0n) is 13.7. The van der Waals surface area contributed by atoms with E-state index in [0.29, 0.717) is 19.8 Å². The number of ether oxygens (including phenoxy) is 2. The monoisotopic (exact) mass is 343 g/mol. The molecule has 0 atom stereocenters. The zero-order valence-corrected chi connectivity index (χ0v) is 14.5. The van der Waals surface area contributed by atoms with Crippen LogP contribution in [0.15, 0.2) is 58.5 Å². The van der Waals surface area contributed by atoms with Gasteiger partial charge in [-0.25, -0.2) is 0 Å². The second kappa shape index (κ2) is 8.57. The van der Waals surface area contributed by atoms with Crippen molar-refractivity contribution in [3.63, 3.8) is 0 Å². The smallest absolute Gasteiger partial charge is 0.161 e. The Kier molecular flexibility index (Phi) is 5.93. The van der Waals surface area contributed by atoms with Crippen LogP contribution in [-0.4, -0.2) is 6.61 Å². The van der Waals surface area contributed by atoms with Crippen molar-refractivity contribution in [3.05, 3.63) is 70.3 Å². The van der Waals surface area contributed by atoms with E-state index in [1.807, 2.05) is 37.3 Å². The standard InChI is InChI=1S/C19H21NO3S/c1-2-21-19-11-15(12-20-13-16-5-3-9-22-16)7-8-18(19)23-14-17-6-4-10-24-17/h3-11,20H,2,12-14H2,1H3. The van der Waals surface area contributed by atoms with Crippen LogP contribution in [0.4, 0.5) is 0 Å². The Morgan fingerprint density at radius 1 is 1.04 bits per heavy atom. The maximum Gasteiger partial charge on any atom is 0.161 e. The molecule has 126 valence electrons. The maximum atomic E-state index is 5.90. The molecule has 0 aliphatic heterocycles. The molecule has 0 bridgehead atoms. The third-order valence-corrected chi connectivity index (χ3v) is 4.32. The van der Waals surface area contributed by atoms with E-state index >= 15 is 0 Å². The predicted octanol–water partition coefficient (Wildman–Crippen LogP) is 4.61. The normalized spacial score (nSPS) is 10.7. The summed E-state index contributed by atoms with van der Waals surface area (Å²) >= 11 is 1.69. The van der Waals surface area contributed by atoms with Crippen LogP contribution in [0.2, 0.25) is 0 Å². The largest absolute Gasteiger partial charge is 0.490 e. The number of benzene rings is 1. The number of rotatable bonds is 9. The summed E-state index contributed by atoms with van der Waals surface area (Å²) in [5.41, 5.74) is 1.15. The first-order chi connectivity index (χ1) is 11.8. The topological polar surface area (TPSA) is 43.6 Å². The van der Waals surface area contributed by atoms with Crippen molar-refractivity contribution >= 4 is 11.3 Å².